The molecule has 9 nitrogen and oxygen atoms in total. The van der Waals surface area contributed by atoms with E-state index in [-0.39, 0.29) is 23.5 Å². The van der Waals surface area contributed by atoms with Crippen molar-refractivity contribution in [2.45, 2.75) is 78.6 Å². The van der Waals surface area contributed by atoms with Crippen LogP contribution in [0.4, 0.5) is 10.5 Å². The third-order valence-electron chi connectivity index (χ3n) is 7.26. The monoisotopic (exact) mass is 530 g/mol. The van der Waals surface area contributed by atoms with Gasteiger partial charge in [0.05, 0.1) is 18.1 Å². The van der Waals surface area contributed by atoms with Gasteiger partial charge in [-0.1, -0.05) is 26.0 Å². The lowest BCUT2D eigenvalue weighted by Gasteiger charge is -2.29. The minimum absolute atomic E-state index is 0.0741. The highest BCUT2D eigenvalue weighted by Crippen LogP contribution is 2.30. The van der Waals surface area contributed by atoms with E-state index in [0.29, 0.717) is 48.8 Å². The number of aliphatic hydroxyl groups is 1. The molecule has 0 saturated heterocycles. The third-order valence-corrected chi connectivity index (χ3v) is 7.26. The molecule has 0 aromatic heterocycles. The van der Waals surface area contributed by atoms with Gasteiger partial charge in [0.25, 0.3) is 5.91 Å². The molecular weight excluding hydrogens is 488 g/mol. The first-order chi connectivity index (χ1) is 17.9. The molecule has 0 unspecified atom stereocenters. The molecule has 1 aromatic rings. The van der Waals surface area contributed by atoms with Gasteiger partial charge in [0.15, 0.2) is 0 Å². The zero-order chi connectivity index (χ0) is 28.6. The Kier molecular flexibility index (Phi) is 11.5. The number of hydrogen-bond acceptors (Lipinski definition) is 7. The van der Waals surface area contributed by atoms with Crippen LogP contribution in [0.15, 0.2) is 35.4 Å². The van der Waals surface area contributed by atoms with Gasteiger partial charge in [0.2, 0.25) is 0 Å². The van der Waals surface area contributed by atoms with Gasteiger partial charge in [0, 0.05) is 30.4 Å². The quantitative estimate of drug-likeness (QED) is 0.338. The Balaban J connectivity index is 2.51. The van der Waals surface area contributed by atoms with Crippen molar-refractivity contribution in [1.29, 1.82) is 0 Å². The molecule has 1 aromatic carbocycles. The summed E-state index contributed by atoms with van der Waals surface area (Å²) in [6, 6.07) is 3.37. The molecule has 2 bridgehead atoms. The summed E-state index contributed by atoms with van der Waals surface area (Å²) in [5.74, 6) is -1.25. The molecule has 1 aliphatic heterocycles. The van der Waals surface area contributed by atoms with Crippen molar-refractivity contribution in [3.8, 4) is 5.75 Å². The summed E-state index contributed by atoms with van der Waals surface area (Å²) < 4.78 is 11.0. The lowest BCUT2D eigenvalue weighted by Crippen LogP contribution is -2.36. The van der Waals surface area contributed by atoms with E-state index >= 15 is 0 Å². The zero-order valence-electron chi connectivity index (χ0n) is 23.2. The number of aromatic hydroxyl groups is 1. The number of primary amides is 1. The normalized spacial score (nSPS) is 30.8. The van der Waals surface area contributed by atoms with Crippen molar-refractivity contribution in [2.24, 2.45) is 23.5 Å². The van der Waals surface area contributed by atoms with Crippen molar-refractivity contribution >= 4 is 24.0 Å². The number of aliphatic hydroxyl groups excluding tert-OH is 1. The van der Waals surface area contributed by atoms with Crippen molar-refractivity contribution in [2.75, 3.05) is 12.4 Å². The Morgan fingerprint density at radius 3 is 2.50 bits per heavy atom. The number of nitrogens with one attached hydrogen (secondary N) is 1. The third kappa shape index (κ3) is 8.43. The molecule has 0 spiro atoms. The fourth-order valence-electron chi connectivity index (χ4n) is 4.97. The van der Waals surface area contributed by atoms with E-state index in [2.05, 4.69) is 5.32 Å². The number of anilines is 1. The van der Waals surface area contributed by atoms with Crippen LogP contribution in [0.1, 0.15) is 58.1 Å². The predicted octanol–water partition coefficient (Wildman–Crippen LogP) is 4.19. The fraction of sp³-hybridized carbons (Fsp3) is 0.552. The summed E-state index contributed by atoms with van der Waals surface area (Å²) in [5, 5.41) is 24.5. The van der Waals surface area contributed by atoms with Crippen LogP contribution in [0.2, 0.25) is 0 Å². The lowest BCUT2D eigenvalue weighted by molar-refractivity contribution is -0.114. The molecular formula is C29H42N2O7. The van der Waals surface area contributed by atoms with Crippen molar-refractivity contribution in [1.82, 2.24) is 0 Å². The van der Waals surface area contributed by atoms with Crippen LogP contribution in [0, 0.1) is 24.7 Å². The van der Waals surface area contributed by atoms with Gasteiger partial charge in [-0.15, -0.1) is 0 Å². The topological polar surface area (TPSA) is 148 Å². The van der Waals surface area contributed by atoms with Gasteiger partial charge in [-0.25, -0.2) is 4.79 Å². The Hall–Kier alpha value is -3.17. The molecule has 38 heavy (non-hydrogen) atoms. The standard InChI is InChI=1S/C29H42N2O7/c1-16-10-22-13-23(14-24(33)20(22)5)31-28(35)17(2)8-7-9-21(15-32)27(38-29(30)36)19(4)12-18(3)26(34)25(11-16)37-6/h8,12-16,18,21,25-27,33-34H,7,9-11H2,1-6H3,(H2,30,36)(H,31,35)/b17-8+,19-12+/t16-,18+,21-,25+,26-,27+/m1/s1. The van der Waals surface area contributed by atoms with E-state index in [1.165, 1.54) is 6.07 Å². The first-order valence-corrected chi connectivity index (χ1v) is 13.0. The molecule has 210 valence electrons. The van der Waals surface area contributed by atoms with Crippen LogP contribution in [0.25, 0.3) is 0 Å². The number of phenolic OH excluding ortho intramolecular Hbond substituents is 1. The molecule has 6 atom stereocenters. The zero-order valence-corrected chi connectivity index (χ0v) is 23.2. The molecule has 0 radical (unpaired) electrons. The number of fused-ring (bicyclic) bond motifs is 2. The Morgan fingerprint density at radius 1 is 1.21 bits per heavy atom. The number of phenols is 1. The molecule has 2 amide bonds. The number of ether oxygens (including phenoxy) is 2. The van der Waals surface area contributed by atoms with E-state index in [1.807, 2.05) is 26.8 Å². The van der Waals surface area contributed by atoms with Crippen LogP contribution in [0.3, 0.4) is 0 Å². The maximum absolute atomic E-state index is 12.8. The van der Waals surface area contributed by atoms with Crippen molar-refractivity contribution in [3.63, 3.8) is 0 Å². The average Bonchev–Trinajstić information content (AvgIpc) is 2.85. The first-order valence-electron chi connectivity index (χ1n) is 13.0. The summed E-state index contributed by atoms with van der Waals surface area (Å²) in [7, 11) is 1.55. The first kappa shape index (κ1) is 31.1. The summed E-state index contributed by atoms with van der Waals surface area (Å²) in [6.07, 6.45) is 2.76. The highest BCUT2D eigenvalue weighted by atomic mass is 16.6. The number of methoxy groups -OCH3 is 1. The largest absolute Gasteiger partial charge is 0.508 e. The molecule has 2 rings (SSSR count). The number of benzene rings is 1. The number of rotatable bonds is 3. The fourth-order valence-corrected chi connectivity index (χ4v) is 4.97. The number of carbonyl (C=O) groups is 3. The minimum Gasteiger partial charge on any atom is -0.508 e. The molecule has 9 heteroatoms. The van der Waals surface area contributed by atoms with E-state index in [9.17, 15) is 24.6 Å². The highest BCUT2D eigenvalue weighted by molar-refractivity contribution is 6.03. The Bertz CT molecular complexity index is 1070. The van der Waals surface area contributed by atoms with Gasteiger partial charge in [-0.2, -0.15) is 0 Å². The summed E-state index contributed by atoms with van der Waals surface area (Å²) in [6.45, 7) is 9.10. The molecule has 5 N–H and O–H groups in total. The number of amides is 2. The van der Waals surface area contributed by atoms with Gasteiger partial charge < -0.3 is 35.5 Å². The molecule has 1 aliphatic rings. The Labute approximate surface area is 225 Å². The van der Waals surface area contributed by atoms with E-state index < -0.39 is 30.3 Å². The second kappa shape index (κ2) is 14.1. The second-order valence-corrected chi connectivity index (χ2v) is 10.4. The maximum Gasteiger partial charge on any atom is 0.405 e. The van der Waals surface area contributed by atoms with Gasteiger partial charge >= 0.3 is 6.09 Å². The van der Waals surface area contributed by atoms with Crippen LogP contribution >= 0.6 is 0 Å². The van der Waals surface area contributed by atoms with Crippen molar-refractivity contribution < 1.29 is 34.1 Å². The molecule has 1 heterocycles. The summed E-state index contributed by atoms with van der Waals surface area (Å²) in [5.41, 5.74) is 8.44. The predicted molar refractivity (Wildman–Crippen MR) is 146 cm³/mol. The molecule has 0 saturated carbocycles. The van der Waals surface area contributed by atoms with Crippen molar-refractivity contribution in [3.05, 3.63) is 46.6 Å². The van der Waals surface area contributed by atoms with Gasteiger partial charge in [0.1, 0.15) is 18.1 Å². The smallest absolute Gasteiger partial charge is 0.405 e. The average molecular weight is 531 g/mol. The molecule has 0 aliphatic carbocycles. The SMILES string of the molecule is CO[C@H]1C[C@H](C)Cc2cc(cc(O)c2C)NC(=O)/C(C)=C/CC[C@H](C=O)[C@@H](OC(N)=O)/C(C)=C/[C@H](C)[C@H]1O. The van der Waals surface area contributed by atoms with Crippen LogP contribution in [-0.2, 0) is 25.5 Å². The van der Waals surface area contributed by atoms with Gasteiger partial charge in [-0.3, -0.25) is 4.79 Å². The van der Waals surface area contributed by atoms with E-state index in [0.717, 1.165) is 11.1 Å². The minimum atomic E-state index is -1.00. The van der Waals surface area contributed by atoms with Gasteiger partial charge in [-0.05, 0) is 75.1 Å². The molecule has 0 fully saturated rings. The number of carbonyl (C=O) groups excluding carboxylic acids is 3. The van der Waals surface area contributed by atoms with Crippen LogP contribution in [0.5, 0.6) is 5.75 Å². The summed E-state index contributed by atoms with van der Waals surface area (Å²) >= 11 is 0. The Morgan fingerprint density at radius 2 is 1.89 bits per heavy atom. The van der Waals surface area contributed by atoms with Crippen LogP contribution in [-0.4, -0.2) is 53.9 Å². The number of hydrogen-bond donors (Lipinski definition) is 4. The van der Waals surface area contributed by atoms with E-state index in [4.69, 9.17) is 15.2 Å². The van der Waals surface area contributed by atoms with Crippen LogP contribution < -0.4 is 11.1 Å². The second-order valence-electron chi connectivity index (χ2n) is 10.4. The number of aldehydes is 1. The number of allylic oxidation sites excluding steroid dienone is 1. The summed E-state index contributed by atoms with van der Waals surface area (Å²) in [4.78, 5) is 36.4. The maximum atomic E-state index is 12.8. The highest BCUT2D eigenvalue weighted by Gasteiger charge is 2.30. The van der Waals surface area contributed by atoms with E-state index in [1.54, 1.807) is 33.1 Å². The number of nitrogens with two attached hydrogens (primary N) is 1. The lowest BCUT2D eigenvalue weighted by atomic mass is 9.86.